The van der Waals surface area contributed by atoms with E-state index >= 15 is 0 Å². The molecule has 3 rings (SSSR count). The van der Waals surface area contributed by atoms with Crippen LogP contribution in [0.25, 0.3) is 6.08 Å². The van der Waals surface area contributed by atoms with Crippen LogP contribution in [0.5, 0.6) is 11.5 Å². The maximum atomic E-state index is 13.4. The standard InChI is InChI=1S/C19H17FO3S/c1-3-23-17-9-12(4-6-16(17)22-2)8-13-11-24-18-7-5-14(20)10-15(18)19(13)21/h4-10H,3,11H2,1-2H3. The Hall–Kier alpha value is -2.27. The van der Waals surface area contributed by atoms with E-state index < -0.39 is 5.82 Å². The van der Waals surface area contributed by atoms with E-state index in [0.717, 1.165) is 10.5 Å². The summed E-state index contributed by atoms with van der Waals surface area (Å²) in [5, 5.41) is 0. The summed E-state index contributed by atoms with van der Waals surface area (Å²) in [4.78, 5) is 13.4. The lowest BCUT2D eigenvalue weighted by molar-refractivity contribution is 0.103. The first-order valence-corrected chi connectivity index (χ1v) is 8.59. The Kier molecular flexibility index (Phi) is 4.90. The number of ketones is 1. The highest BCUT2D eigenvalue weighted by Crippen LogP contribution is 2.35. The van der Waals surface area contributed by atoms with Gasteiger partial charge in [0.05, 0.1) is 13.7 Å². The molecule has 0 atom stereocenters. The first-order chi connectivity index (χ1) is 11.6. The number of rotatable bonds is 4. The monoisotopic (exact) mass is 344 g/mol. The van der Waals surface area contributed by atoms with Gasteiger partial charge in [0.2, 0.25) is 0 Å². The third kappa shape index (κ3) is 3.31. The molecule has 1 heterocycles. The van der Waals surface area contributed by atoms with Crippen molar-refractivity contribution < 1.29 is 18.7 Å². The molecular formula is C19H17FO3S. The number of carbonyl (C=O) groups excluding carboxylic acids is 1. The van der Waals surface area contributed by atoms with Gasteiger partial charge in [0, 0.05) is 21.8 Å². The van der Waals surface area contributed by atoms with Gasteiger partial charge in [-0.05, 0) is 48.9 Å². The predicted molar refractivity (Wildman–Crippen MR) is 93.6 cm³/mol. The molecule has 5 heteroatoms. The number of methoxy groups -OCH3 is 1. The second-order valence-electron chi connectivity index (χ2n) is 5.27. The minimum absolute atomic E-state index is 0.128. The summed E-state index contributed by atoms with van der Waals surface area (Å²) in [6.45, 7) is 2.43. The van der Waals surface area contributed by atoms with Crippen LogP contribution in [0.3, 0.4) is 0 Å². The second kappa shape index (κ2) is 7.09. The van der Waals surface area contributed by atoms with Crippen LogP contribution in [0.2, 0.25) is 0 Å². The summed E-state index contributed by atoms with van der Waals surface area (Å²) in [5.41, 5.74) is 1.92. The van der Waals surface area contributed by atoms with E-state index in [4.69, 9.17) is 9.47 Å². The Bertz CT molecular complexity index is 814. The Morgan fingerprint density at radius 1 is 1.21 bits per heavy atom. The lowest BCUT2D eigenvalue weighted by atomic mass is 10.0. The third-order valence-corrected chi connectivity index (χ3v) is 4.81. The molecule has 2 aromatic rings. The molecule has 3 nitrogen and oxygen atoms in total. The number of ether oxygens (including phenoxy) is 2. The molecule has 0 radical (unpaired) electrons. The number of halogens is 1. The van der Waals surface area contributed by atoms with Gasteiger partial charge in [-0.25, -0.2) is 4.39 Å². The Morgan fingerprint density at radius 2 is 2.04 bits per heavy atom. The summed E-state index contributed by atoms with van der Waals surface area (Å²) in [5.74, 6) is 1.32. The number of hydrogen-bond donors (Lipinski definition) is 0. The predicted octanol–water partition coefficient (Wildman–Crippen LogP) is 4.61. The lowest BCUT2D eigenvalue weighted by Crippen LogP contribution is -2.12. The van der Waals surface area contributed by atoms with Crippen molar-refractivity contribution in [3.63, 3.8) is 0 Å². The molecule has 0 saturated heterocycles. The van der Waals surface area contributed by atoms with Crippen molar-refractivity contribution in [2.24, 2.45) is 0 Å². The fourth-order valence-electron chi connectivity index (χ4n) is 2.56. The van der Waals surface area contributed by atoms with Crippen LogP contribution in [-0.4, -0.2) is 25.3 Å². The SMILES string of the molecule is CCOc1cc(C=C2CSc3ccc(F)cc3C2=O)ccc1OC. The average Bonchev–Trinajstić information content (AvgIpc) is 2.58. The van der Waals surface area contributed by atoms with Gasteiger partial charge in [-0.2, -0.15) is 0 Å². The van der Waals surface area contributed by atoms with E-state index in [1.165, 1.54) is 23.9 Å². The van der Waals surface area contributed by atoms with Crippen LogP contribution in [0.1, 0.15) is 22.8 Å². The van der Waals surface area contributed by atoms with Crippen LogP contribution < -0.4 is 9.47 Å². The zero-order valence-corrected chi connectivity index (χ0v) is 14.3. The molecule has 1 aliphatic rings. The topological polar surface area (TPSA) is 35.5 Å². The Labute approximate surface area is 144 Å². The van der Waals surface area contributed by atoms with Gasteiger partial charge in [0.25, 0.3) is 0 Å². The van der Waals surface area contributed by atoms with Gasteiger partial charge in [0.15, 0.2) is 17.3 Å². The minimum Gasteiger partial charge on any atom is -0.493 e. The molecule has 0 N–H and O–H groups in total. The van der Waals surface area contributed by atoms with Crippen molar-refractivity contribution in [1.82, 2.24) is 0 Å². The molecule has 124 valence electrons. The van der Waals surface area contributed by atoms with E-state index in [-0.39, 0.29) is 5.78 Å². The van der Waals surface area contributed by atoms with Crippen LogP contribution in [-0.2, 0) is 0 Å². The Balaban J connectivity index is 1.94. The molecule has 0 aliphatic carbocycles. The molecule has 0 saturated carbocycles. The molecule has 24 heavy (non-hydrogen) atoms. The van der Waals surface area contributed by atoms with Crippen LogP contribution >= 0.6 is 11.8 Å². The smallest absolute Gasteiger partial charge is 0.191 e. The summed E-state index contributed by atoms with van der Waals surface area (Å²) >= 11 is 1.54. The highest BCUT2D eigenvalue weighted by Gasteiger charge is 2.23. The molecule has 0 aromatic heterocycles. The van der Waals surface area contributed by atoms with Crippen molar-refractivity contribution in [2.75, 3.05) is 19.5 Å². The third-order valence-electron chi connectivity index (χ3n) is 3.69. The molecule has 0 unspecified atom stereocenters. The Morgan fingerprint density at radius 3 is 2.79 bits per heavy atom. The van der Waals surface area contributed by atoms with Crippen molar-refractivity contribution in [3.05, 3.63) is 58.9 Å². The fourth-order valence-corrected chi connectivity index (χ4v) is 3.56. The van der Waals surface area contributed by atoms with E-state index in [9.17, 15) is 9.18 Å². The van der Waals surface area contributed by atoms with Crippen LogP contribution in [0.15, 0.2) is 46.9 Å². The number of thioether (sulfide) groups is 1. The number of carbonyl (C=O) groups is 1. The molecule has 2 aromatic carbocycles. The maximum absolute atomic E-state index is 13.4. The number of fused-ring (bicyclic) bond motifs is 1. The minimum atomic E-state index is -0.396. The fraction of sp³-hybridized carbons (Fsp3) is 0.211. The number of benzene rings is 2. The largest absolute Gasteiger partial charge is 0.493 e. The van der Waals surface area contributed by atoms with Gasteiger partial charge >= 0.3 is 0 Å². The van der Waals surface area contributed by atoms with Gasteiger partial charge < -0.3 is 9.47 Å². The zero-order valence-electron chi connectivity index (χ0n) is 13.5. The summed E-state index contributed by atoms with van der Waals surface area (Å²) < 4.78 is 24.3. The van der Waals surface area contributed by atoms with Crippen LogP contribution in [0, 0.1) is 5.82 Å². The first kappa shape index (κ1) is 16.6. The summed E-state index contributed by atoms with van der Waals surface area (Å²) in [7, 11) is 1.59. The maximum Gasteiger partial charge on any atom is 0.191 e. The van der Waals surface area contributed by atoms with Crippen LogP contribution in [0.4, 0.5) is 4.39 Å². The van der Waals surface area contributed by atoms with Crippen molar-refractivity contribution >= 4 is 23.6 Å². The van der Waals surface area contributed by atoms with Crippen molar-refractivity contribution in [1.29, 1.82) is 0 Å². The van der Waals surface area contributed by atoms with E-state index in [1.807, 2.05) is 31.2 Å². The molecule has 1 aliphatic heterocycles. The summed E-state index contributed by atoms with van der Waals surface area (Å²) in [6.07, 6.45) is 1.82. The highest BCUT2D eigenvalue weighted by atomic mass is 32.2. The lowest BCUT2D eigenvalue weighted by Gasteiger charge is -2.17. The van der Waals surface area contributed by atoms with Crippen molar-refractivity contribution in [3.8, 4) is 11.5 Å². The van der Waals surface area contributed by atoms with E-state index in [0.29, 0.717) is 35.0 Å². The van der Waals surface area contributed by atoms with E-state index in [2.05, 4.69) is 0 Å². The number of hydrogen-bond acceptors (Lipinski definition) is 4. The molecular weight excluding hydrogens is 327 g/mol. The molecule has 0 amide bonds. The van der Waals surface area contributed by atoms with Crippen molar-refractivity contribution in [2.45, 2.75) is 11.8 Å². The van der Waals surface area contributed by atoms with Gasteiger partial charge in [0.1, 0.15) is 5.82 Å². The number of Topliss-reactive ketones (excluding diaryl/α,β-unsaturated/α-hetero) is 1. The average molecular weight is 344 g/mol. The normalized spacial score (nSPS) is 15.3. The van der Waals surface area contributed by atoms with Gasteiger partial charge in [-0.15, -0.1) is 11.8 Å². The molecule has 0 fully saturated rings. The molecule has 0 spiro atoms. The molecule has 0 bridgehead atoms. The second-order valence-corrected chi connectivity index (χ2v) is 6.29. The first-order valence-electron chi connectivity index (χ1n) is 7.61. The van der Waals surface area contributed by atoms with Gasteiger partial charge in [-0.1, -0.05) is 6.07 Å². The summed E-state index contributed by atoms with van der Waals surface area (Å²) in [6, 6.07) is 9.86. The highest BCUT2D eigenvalue weighted by molar-refractivity contribution is 7.99. The zero-order chi connectivity index (χ0) is 17.1. The quantitative estimate of drug-likeness (QED) is 0.759. The van der Waals surface area contributed by atoms with Gasteiger partial charge in [-0.3, -0.25) is 4.79 Å². The van der Waals surface area contributed by atoms with E-state index in [1.54, 1.807) is 13.2 Å².